The first kappa shape index (κ1) is 15.1. The smallest absolute Gasteiger partial charge is 0.270 e. The lowest BCUT2D eigenvalue weighted by atomic mass is 10.2. The summed E-state index contributed by atoms with van der Waals surface area (Å²) in [6, 6.07) is 10.9. The molecule has 0 spiro atoms. The third-order valence-corrected chi connectivity index (χ3v) is 2.13. The zero-order valence-electron chi connectivity index (χ0n) is 11.0. The van der Waals surface area contributed by atoms with Gasteiger partial charge in [-0.2, -0.15) is 5.26 Å². The second-order valence-electron chi connectivity index (χ2n) is 3.53. The number of nitriles is 1. The SMILES string of the molecule is CCOC=N/C(C#N)=C(\N=Cc1ccccc1)C(N)=O. The quantitative estimate of drug-likeness (QED) is 0.366. The van der Waals surface area contributed by atoms with Crippen LogP contribution in [0.4, 0.5) is 0 Å². The van der Waals surface area contributed by atoms with E-state index in [1.165, 1.54) is 6.21 Å². The molecule has 0 aliphatic rings. The van der Waals surface area contributed by atoms with Gasteiger partial charge in [-0.05, 0) is 12.5 Å². The third kappa shape index (κ3) is 4.74. The molecule has 1 rings (SSSR count). The molecule has 1 amide bonds. The Labute approximate surface area is 116 Å². The van der Waals surface area contributed by atoms with Gasteiger partial charge in [-0.3, -0.25) is 4.79 Å². The third-order valence-electron chi connectivity index (χ3n) is 2.13. The maximum atomic E-state index is 11.3. The number of hydrogen-bond acceptors (Lipinski definition) is 5. The minimum absolute atomic E-state index is 0.196. The normalized spacial score (nSPS) is 12.2. The van der Waals surface area contributed by atoms with Crippen LogP contribution in [0, 0.1) is 11.3 Å². The number of allylic oxidation sites excluding steroid dienone is 1. The molecule has 0 bridgehead atoms. The van der Waals surface area contributed by atoms with Gasteiger partial charge in [-0.25, -0.2) is 9.98 Å². The first-order valence-electron chi connectivity index (χ1n) is 5.86. The van der Waals surface area contributed by atoms with E-state index >= 15 is 0 Å². The number of benzene rings is 1. The number of carbonyl (C=O) groups is 1. The standard InChI is InChI=1S/C14H14N4O2/c1-2-20-10-18-12(8-15)13(14(16)19)17-9-11-6-4-3-5-7-11/h3-7,9-10H,2H2,1H3,(H2,16,19)/b13-12-,17-9?,18-10?. The molecule has 0 unspecified atom stereocenters. The van der Waals surface area contributed by atoms with Gasteiger partial charge in [-0.15, -0.1) is 0 Å². The molecule has 0 aliphatic heterocycles. The van der Waals surface area contributed by atoms with Gasteiger partial charge in [0.15, 0.2) is 17.8 Å². The number of carbonyl (C=O) groups excluding carboxylic acids is 1. The van der Waals surface area contributed by atoms with Gasteiger partial charge in [-0.1, -0.05) is 30.3 Å². The van der Waals surface area contributed by atoms with Crippen LogP contribution in [0.3, 0.4) is 0 Å². The van der Waals surface area contributed by atoms with Gasteiger partial charge < -0.3 is 10.5 Å². The number of nitrogens with zero attached hydrogens (tertiary/aromatic N) is 3. The van der Waals surface area contributed by atoms with Gasteiger partial charge >= 0.3 is 0 Å². The number of amides is 1. The summed E-state index contributed by atoms with van der Waals surface area (Å²) in [5.74, 6) is -0.831. The Morgan fingerprint density at radius 3 is 2.65 bits per heavy atom. The summed E-state index contributed by atoms with van der Waals surface area (Å²) in [5.41, 5.74) is 5.57. The molecule has 0 heterocycles. The molecule has 20 heavy (non-hydrogen) atoms. The average molecular weight is 270 g/mol. The largest absolute Gasteiger partial charge is 0.483 e. The molecule has 0 aromatic heterocycles. The van der Waals surface area contributed by atoms with Crippen LogP contribution in [0.1, 0.15) is 12.5 Å². The summed E-state index contributed by atoms with van der Waals surface area (Å²) in [6.07, 6.45) is 2.52. The van der Waals surface area contributed by atoms with E-state index in [1.54, 1.807) is 25.1 Å². The average Bonchev–Trinajstić information content (AvgIpc) is 2.46. The van der Waals surface area contributed by atoms with Crippen molar-refractivity contribution in [2.45, 2.75) is 6.92 Å². The molecule has 0 radical (unpaired) electrons. The van der Waals surface area contributed by atoms with Gasteiger partial charge in [0.05, 0.1) is 6.61 Å². The first-order valence-corrected chi connectivity index (χ1v) is 5.86. The number of aliphatic imine (C=N–C) groups is 2. The molecule has 0 saturated carbocycles. The van der Waals surface area contributed by atoms with Crippen LogP contribution in [0.2, 0.25) is 0 Å². The van der Waals surface area contributed by atoms with Crippen LogP contribution in [0.25, 0.3) is 0 Å². The van der Waals surface area contributed by atoms with Crippen LogP contribution in [0.5, 0.6) is 0 Å². The van der Waals surface area contributed by atoms with Crippen molar-refractivity contribution in [3.8, 4) is 6.07 Å². The van der Waals surface area contributed by atoms with Crippen molar-refractivity contribution in [3.63, 3.8) is 0 Å². The van der Waals surface area contributed by atoms with E-state index in [0.29, 0.717) is 6.61 Å². The second-order valence-corrected chi connectivity index (χ2v) is 3.53. The molecule has 6 nitrogen and oxygen atoms in total. The van der Waals surface area contributed by atoms with E-state index in [9.17, 15) is 4.79 Å². The number of primary amides is 1. The molecule has 6 heteroatoms. The topological polar surface area (TPSA) is 101 Å². The molecular weight excluding hydrogens is 256 g/mol. The van der Waals surface area contributed by atoms with Crippen LogP contribution in [-0.4, -0.2) is 25.1 Å². The van der Waals surface area contributed by atoms with Crippen molar-refractivity contribution in [2.24, 2.45) is 15.7 Å². The lowest BCUT2D eigenvalue weighted by Crippen LogP contribution is -2.14. The highest BCUT2D eigenvalue weighted by Crippen LogP contribution is 2.07. The Balaban J connectivity index is 3.07. The number of hydrogen-bond donors (Lipinski definition) is 1. The minimum atomic E-state index is -0.831. The molecule has 2 N–H and O–H groups in total. The van der Waals surface area contributed by atoms with E-state index in [-0.39, 0.29) is 11.4 Å². The Morgan fingerprint density at radius 2 is 2.10 bits per heavy atom. The van der Waals surface area contributed by atoms with Gasteiger partial charge in [0.1, 0.15) is 6.07 Å². The zero-order valence-corrected chi connectivity index (χ0v) is 11.0. The molecule has 1 aromatic rings. The van der Waals surface area contributed by atoms with Crippen molar-refractivity contribution >= 4 is 18.5 Å². The summed E-state index contributed by atoms with van der Waals surface area (Å²) in [6.45, 7) is 2.17. The Bertz CT molecular complexity index is 583. The summed E-state index contributed by atoms with van der Waals surface area (Å²) in [4.78, 5) is 19.0. The highest BCUT2D eigenvalue weighted by Gasteiger charge is 2.10. The fourth-order valence-electron chi connectivity index (χ4n) is 1.23. The molecule has 0 aliphatic carbocycles. The summed E-state index contributed by atoms with van der Waals surface area (Å²) in [7, 11) is 0. The Kier molecular flexibility index (Phi) is 6.21. The number of rotatable bonds is 6. The van der Waals surface area contributed by atoms with Crippen molar-refractivity contribution in [1.29, 1.82) is 5.26 Å². The van der Waals surface area contributed by atoms with E-state index < -0.39 is 5.91 Å². The first-order chi connectivity index (χ1) is 9.69. The van der Waals surface area contributed by atoms with Crippen LogP contribution in [-0.2, 0) is 9.53 Å². The van der Waals surface area contributed by atoms with E-state index in [2.05, 4.69) is 9.98 Å². The summed E-state index contributed by atoms with van der Waals surface area (Å²) >= 11 is 0. The number of nitrogens with two attached hydrogens (primary N) is 1. The highest BCUT2D eigenvalue weighted by molar-refractivity contribution is 5.96. The zero-order chi connectivity index (χ0) is 14.8. The van der Waals surface area contributed by atoms with Gasteiger partial charge in [0.2, 0.25) is 0 Å². The van der Waals surface area contributed by atoms with Crippen molar-refractivity contribution < 1.29 is 9.53 Å². The van der Waals surface area contributed by atoms with Gasteiger partial charge in [0, 0.05) is 6.21 Å². The Hall–Kier alpha value is -2.94. The number of ether oxygens (including phenoxy) is 1. The second kappa shape index (κ2) is 8.21. The van der Waals surface area contributed by atoms with Crippen LogP contribution < -0.4 is 5.73 Å². The predicted octanol–water partition coefficient (Wildman–Crippen LogP) is 1.39. The van der Waals surface area contributed by atoms with E-state index in [1.807, 2.05) is 18.2 Å². The maximum Gasteiger partial charge on any atom is 0.270 e. The molecule has 102 valence electrons. The van der Waals surface area contributed by atoms with E-state index in [4.69, 9.17) is 15.7 Å². The fraction of sp³-hybridized carbons (Fsp3) is 0.143. The molecular formula is C14H14N4O2. The summed E-state index contributed by atoms with van der Waals surface area (Å²) in [5, 5.41) is 8.98. The van der Waals surface area contributed by atoms with Crippen LogP contribution >= 0.6 is 0 Å². The van der Waals surface area contributed by atoms with Crippen LogP contribution in [0.15, 0.2) is 51.7 Å². The predicted molar refractivity (Wildman–Crippen MR) is 76.0 cm³/mol. The minimum Gasteiger partial charge on any atom is -0.483 e. The highest BCUT2D eigenvalue weighted by atomic mass is 16.5. The lowest BCUT2D eigenvalue weighted by Gasteiger charge is -1.98. The van der Waals surface area contributed by atoms with E-state index in [0.717, 1.165) is 12.0 Å². The lowest BCUT2D eigenvalue weighted by molar-refractivity contribution is -0.114. The summed E-state index contributed by atoms with van der Waals surface area (Å²) < 4.78 is 4.88. The fourth-order valence-corrected chi connectivity index (χ4v) is 1.23. The molecule has 0 atom stereocenters. The van der Waals surface area contributed by atoms with Crippen molar-refractivity contribution in [2.75, 3.05) is 6.61 Å². The maximum absolute atomic E-state index is 11.3. The van der Waals surface area contributed by atoms with Crippen molar-refractivity contribution in [1.82, 2.24) is 0 Å². The monoisotopic (exact) mass is 270 g/mol. The molecule has 0 fully saturated rings. The Morgan fingerprint density at radius 1 is 1.40 bits per heavy atom. The van der Waals surface area contributed by atoms with Gasteiger partial charge in [0.25, 0.3) is 5.91 Å². The molecule has 0 saturated heterocycles. The molecule has 1 aromatic carbocycles. The van der Waals surface area contributed by atoms with Crippen molar-refractivity contribution in [3.05, 3.63) is 47.3 Å².